The number of hydrogen-bond acceptors (Lipinski definition) is 6. The van der Waals surface area contributed by atoms with E-state index in [0.717, 1.165) is 37.2 Å². The van der Waals surface area contributed by atoms with Gasteiger partial charge >= 0.3 is 0 Å². The molecule has 4 rings (SSSR count). The highest BCUT2D eigenvalue weighted by molar-refractivity contribution is 7.89. The number of sulfonamides is 1. The molecular weight excluding hydrogens is 445 g/mol. The molecule has 2 N–H and O–H groups in total. The summed E-state index contributed by atoms with van der Waals surface area (Å²) in [5, 5.41) is 5.32. The van der Waals surface area contributed by atoms with E-state index in [2.05, 4.69) is 16.6 Å². The Morgan fingerprint density at radius 2 is 1.61 bits per heavy atom. The molecule has 2 heterocycles. The van der Waals surface area contributed by atoms with Crippen LogP contribution >= 0.6 is 0 Å². The van der Waals surface area contributed by atoms with Crippen LogP contribution in [0, 0.1) is 5.82 Å². The van der Waals surface area contributed by atoms with Gasteiger partial charge in [0.25, 0.3) is 5.91 Å². The van der Waals surface area contributed by atoms with Crippen molar-refractivity contribution in [3.8, 4) is 0 Å². The van der Waals surface area contributed by atoms with E-state index in [1.807, 2.05) is 11.0 Å². The van der Waals surface area contributed by atoms with E-state index in [9.17, 15) is 17.6 Å². The van der Waals surface area contributed by atoms with Gasteiger partial charge in [-0.1, -0.05) is 6.07 Å². The summed E-state index contributed by atoms with van der Waals surface area (Å²) in [6.45, 7) is 7.16. The molecule has 8 nitrogen and oxygen atoms in total. The second kappa shape index (κ2) is 9.48. The number of aliphatic imine (C=N–C) groups is 1. The van der Waals surface area contributed by atoms with E-state index >= 15 is 0 Å². The number of benzene rings is 2. The van der Waals surface area contributed by atoms with Gasteiger partial charge in [-0.2, -0.15) is 0 Å². The summed E-state index contributed by atoms with van der Waals surface area (Å²) in [6.07, 6.45) is 2.05. The van der Waals surface area contributed by atoms with E-state index in [1.54, 1.807) is 17.0 Å². The van der Waals surface area contributed by atoms with Gasteiger partial charge in [0.05, 0.1) is 22.7 Å². The fourth-order valence-corrected chi connectivity index (χ4v) is 4.99. The van der Waals surface area contributed by atoms with Crippen molar-refractivity contribution in [1.29, 1.82) is 0 Å². The van der Waals surface area contributed by atoms with Crippen molar-refractivity contribution < 1.29 is 17.6 Å². The smallest absolute Gasteiger partial charge is 0.256 e. The molecule has 0 radical (unpaired) electrons. The van der Waals surface area contributed by atoms with Crippen molar-refractivity contribution in [2.45, 2.75) is 24.3 Å². The van der Waals surface area contributed by atoms with Crippen molar-refractivity contribution in [2.24, 2.45) is 10.1 Å². The predicted molar refractivity (Wildman–Crippen MR) is 127 cm³/mol. The molecule has 0 atom stereocenters. The monoisotopic (exact) mass is 473 g/mol. The number of amides is 1. The third-order valence-corrected chi connectivity index (χ3v) is 7.10. The van der Waals surface area contributed by atoms with Gasteiger partial charge in [-0.15, -0.1) is 0 Å². The van der Waals surface area contributed by atoms with Gasteiger partial charge in [-0.3, -0.25) is 9.79 Å². The third-order valence-electron chi connectivity index (χ3n) is 6.19. The Hall–Kier alpha value is -2.98. The van der Waals surface area contributed by atoms with E-state index in [0.29, 0.717) is 44.0 Å². The van der Waals surface area contributed by atoms with Crippen LogP contribution in [0.25, 0.3) is 0 Å². The van der Waals surface area contributed by atoms with Crippen LogP contribution in [-0.2, 0) is 16.6 Å². The summed E-state index contributed by atoms with van der Waals surface area (Å²) in [4.78, 5) is 22.8. The van der Waals surface area contributed by atoms with E-state index in [4.69, 9.17) is 5.14 Å². The Morgan fingerprint density at radius 1 is 0.970 bits per heavy atom. The van der Waals surface area contributed by atoms with Crippen LogP contribution in [0.4, 0.5) is 15.8 Å². The van der Waals surface area contributed by atoms with Crippen molar-refractivity contribution >= 4 is 34.0 Å². The average Bonchev–Trinajstić information content (AvgIpc) is 3.33. The molecule has 0 aliphatic carbocycles. The predicted octanol–water partition coefficient (Wildman–Crippen LogP) is 2.24. The maximum absolute atomic E-state index is 14.6. The Kier molecular flexibility index (Phi) is 6.66. The number of hydrogen-bond donors (Lipinski definition) is 1. The summed E-state index contributed by atoms with van der Waals surface area (Å²) in [5.74, 6) is -0.567. The lowest BCUT2D eigenvalue weighted by Crippen LogP contribution is -2.49. The van der Waals surface area contributed by atoms with E-state index in [1.165, 1.54) is 18.2 Å². The number of halogens is 1. The molecule has 2 aromatic rings. The Labute approximate surface area is 193 Å². The zero-order valence-corrected chi connectivity index (χ0v) is 19.2. The van der Waals surface area contributed by atoms with Crippen LogP contribution in [0.15, 0.2) is 46.3 Å². The fraction of sp³-hybridized carbons (Fsp3) is 0.391. The number of carbonyl (C=O) groups excluding carboxylic acids is 1. The minimum absolute atomic E-state index is 0.0800. The molecule has 2 aromatic carbocycles. The van der Waals surface area contributed by atoms with Crippen LogP contribution < -0.4 is 14.9 Å². The van der Waals surface area contributed by atoms with Crippen molar-refractivity contribution in [1.82, 2.24) is 4.90 Å². The standard InChI is InChI=1S/C23H28FN5O3S/c1-26-16-17-4-6-22(20(24)14-17)28-10-12-29(13-11-28)23(30)19-15-18(33(25,31)32)5-7-21(19)27-8-2-3-9-27/h4-7,14-15H,1-3,8-13,16H2,(H2,25,31,32). The van der Waals surface area contributed by atoms with Crippen LogP contribution in [0.3, 0.4) is 0 Å². The molecule has 2 fully saturated rings. The number of primary sulfonamides is 1. The van der Waals surface area contributed by atoms with Gasteiger partial charge in [0.15, 0.2) is 0 Å². The number of nitrogens with zero attached hydrogens (tertiary/aromatic N) is 4. The van der Waals surface area contributed by atoms with Crippen LogP contribution in [0.5, 0.6) is 0 Å². The minimum atomic E-state index is -3.94. The first-order chi connectivity index (χ1) is 15.8. The first kappa shape index (κ1) is 23.2. The number of carbonyl (C=O) groups is 1. The van der Waals surface area contributed by atoms with Gasteiger partial charge in [0, 0.05) is 45.0 Å². The molecule has 10 heteroatoms. The van der Waals surface area contributed by atoms with Gasteiger partial charge in [0.1, 0.15) is 5.82 Å². The van der Waals surface area contributed by atoms with Crippen molar-refractivity contribution in [2.75, 3.05) is 49.1 Å². The first-order valence-electron chi connectivity index (χ1n) is 10.9. The third kappa shape index (κ3) is 5.01. The maximum atomic E-state index is 14.6. The van der Waals surface area contributed by atoms with Gasteiger partial charge < -0.3 is 14.7 Å². The van der Waals surface area contributed by atoms with E-state index < -0.39 is 10.0 Å². The molecule has 2 aliphatic rings. The summed E-state index contributed by atoms with van der Waals surface area (Å²) in [7, 11) is -3.94. The largest absolute Gasteiger partial charge is 0.371 e. The molecule has 0 bridgehead atoms. The Bertz CT molecular complexity index is 1160. The van der Waals surface area contributed by atoms with Crippen molar-refractivity contribution in [3.63, 3.8) is 0 Å². The van der Waals surface area contributed by atoms with Gasteiger partial charge in [0.2, 0.25) is 10.0 Å². The van der Waals surface area contributed by atoms with Crippen LogP contribution in [0.1, 0.15) is 28.8 Å². The second-order valence-corrected chi connectivity index (χ2v) is 9.93. The number of nitrogens with two attached hydrogens (primary N) is 1. The fourth-order valence-electron chi connectivity index (χ4n) is 4.45. The molecule has 2 saturated heterocycles. The summed E-state index contributed by atoms with van der Waals surface area (Å²) in [6, 6.07) is 9.52. The molecular formula is C23H28FN5O3S. The Balaban J connectivity index is 1.53. The molecule has 0 saturated carbocycles. The zero-order chi connectivity index (χ0) is 23.6. The lowest BCUT2D eigenvalue weighted by molar-refractivity contribution is 0.0747. The van der Waals surface area contributed by atoms with Crippen LogP contribution in [-0.4, -0.2) is 65.2 Å². The molecule has 0 spiro atoms. The number of rotatable bonds is 6. The molecule has 0 unspecified atom stereocenters. The SMILES string of the molecule is C=NCc1ccc(N2CCN(C(=O)c3cc(S(N)(=O)=O)ccc3N3CCCC3)CC2)c(F)c1. The van der Waals surface area contributed by atoms with Crippen LogP contribution in [0.2, 0.25) is 0 Å². The Morgan fingerprint density at radius 3 is 2.21 bits per heavy atom. The quantitative estimate of drug-likeness (QED) is 0.649. The average molecular weight is 474 g/mol. The topological polar surface area (TPSA) is 99.3 Å². The zero-order valence-electron chi connectivity index (χ0n) is 18.4. The molecule has 2 aliphatic heterocycles. The molecule has 33 heavy (non-hydrogen) atoms. The highest BCUT2D eigenvalue weighted by atomic mass is 32.2. The summed E-state index contributed by atoms with van der Waals surface area (Å²) in [5.41, 5.74) is 2.31. The number of anilines is 2. The lowest BCUT2D eigenvalue weighted by Gasteiger charge is -2.37. The molecule has 176 valence electrons. The molecule has 1 amide bonds. The highest BCUT2D eigenvalue weighted by Crippen LogP contribution is 2.29. The summed E-state index contributed by atoms with van der Waals surface area (Å²) < 4.78 is 38.4. The number of piperazine rings is 1. The van der Waals surface area contributed by atoms with Gasteiger partial charge in [-0.25, -0.2) is 17.9 Å². The highest BCUT2D eigenvalue weighted by Gasteiger charge is 2.28. The van der Waals surface area contributed by atoms with E-state index in [-0.39, 0.29) is 16.6 Å². The van der Waals surface area contributed by atoms with Gasteiger partial charge in [-0.05, 0) is 55.5 Å². The maximum Gasteiger partial charge on any atom is 0.256 e. The normalized spacial score (nSPS) is 16.8. The second-order valence-electron chi connectivity index (χ2n) is 8.36. The lowest BCUT2D eigenvalue weighted by atomic mass is 10.1. The summed E-state index contributed by atoms with van der Waals surface area (Å²) >= 11 is 0. The van der Waals surface area contributed by atoms with Crippen molar-refractivity contribution in [3.05, 3.63) is 53.3 Å². The minimum Gasteiger partial charge on any atom is -0.371 e. The molecule has 0 aromatic heterocycles. The first-order valence-corrected chi connectivity index (χ1v) is 12.5.